The monoisotopic (exact) mass is 155 g/mol. The van der Waals surface area contributed by atoms with Crippen LogP contribution in [0, 0.1) is 0 Å². The van der Waals surface area contributed by atoms with Crippen molar-refractivity contribution in [1.29, 1.82) is 0 Å². The largest absolute Gasteiger partial charge is 0.395 e. The van der Waals surface area contributed by atoms with Gasteiger partial charge in [-0.3, -0.25) is 4.68 Å². The van der Waals surface area contributed by atoms with E-state index in [2.05, 4.69) is 5.10 Å². The molecule has 1 aromatic heterocycles. The summed E-state index contributed by atoms with van der Waals surface area (Å²) in [5, 5.41) is 12.6. The van der Waals surface area contributed by atoms with Gasteiger partial charge in [0.05, 0.1) is 6.61 Å². The topological polar surface area (TPSA) is 64.1 Å². The summed E-state index contributed by atoms with van der Waals surface area (Å²) in [6.45, 7) is 0.815. The minimum absolute atomic E-state index is 0.0429. The molecule has 0 aliphatic rings. The van der Waals surface area contributed by atoms with E-state index in [1.165, 1.54) is 0 Å². The molecule has 11 heavy (non-hydrogen) atoms. The minimum atomic E-state index is -0.126. The first-order valence-electron chi connectivity index (χ1n) is 3.67. The van der Waals surface area contributed by atoms with E-state index in [-0.39, 0.29) is 12.6 Å². The molecule has 0 aliphatic carbocycles. The van der Waals surface area contributed by atoms with Gasteiger partial charge >= 0.3 is 0 Å². The van der Waals surface area contributed by atoms with Crippen LogP contribution in [0.2, 0.25) is 0 Å². The highest BCUT2D eigenvalue weighted by atomic mass is 16.3. The predicted octanol–water partition coefficient (Wildman–Crippen LogP) is -0.407. The zero-order valence-electron chi connectivity index (χ0n) is 6.35. The molecule has 0 amide bonds. The predicted molar refractivity (Wildman–Crippen MR) is 41.9 cm³/mol. The third-order valence-electron chi connectivity index (χ3n) is 1.52. The van der Waals surface area contributed by atoms with E-state index < -0.39 is 0 Å². The number of hydrogen-bond acceptors (Lipinski definition) is 3. The summed E-state index contributed by atoms with van der Waals surface area (Å²) in [6, 6.07) is 1.74. The molecule has 0 saturated carbocycles. The second kappa shape index (κ2) is 4.10. The molecule has 3 N–H and O–H groups in total. The van der Waals surface area contributed by atoms with Crippen LogP contribution in [0.4, 0.5) is 0 Å². The van der Waals surface area contributed by atoms with E-state index >= 15 is 0 Å². The van der Waals surface area contributed by atoms with Crippen molar-refractivity contribution in [3.8, 4) is 0 Å². The maximum absolute atomic E-state index is 8.61. The Hall–Kier alpha value is -0.870. The Bertz CT molecular complexity index is 186. The molecule has 4 heteroatoms. The van der Waals surface area contributed by atoms with Gasteiger partial charge in [0.1, 0.15) is 0 Å². The highest BCUT2D eigenvalue weighted by Gasteiger charge is 1.99. The first-order valence-corrected chi connectivity index (χ1v) is 3.67. The molecule has 0 radical (unpaired) electrons. The molecule has 1 aromatic rings. The van der Waals surface area contributed by atoms with Crippen LogP contribution in [-0.4, -0.2) is 27.5 Å². The summed E-state index contributed by atoms with van der Waals surface area (Å²) >= 11 is 0. The molecule has 0 aromatic carbocycles. The number of aryl methyl sites for hydroxylation is 1. The summed E-state index contributed by atoms with van der Waals surface area (Å²) in [5.74, 6) is 0. The molecule has 1 rings (SSSR count). The van der Waals surface area contributed by atoms with Crippen LogP contribution in [0.3, 0.4) is 0 Å². The van der Waals surface area contributed by atoms with Gasteiger partial charge in [0, 0.05) is 25.0 Å². The number of rotatable bonds is 4. The minimum Gasteiger partial charge on any atom is -0.395 e. The Morgan fingerprint density at radius 2 is 2.45 bits per heavy atom. The highest BCUT2D eigenvalue weighted by Crippen LogP contribution is 1.92. The molecule has 1 unspecified atom stereocenters. The Morgan fingerprint density at radius 3 is 3.00 bits per heavy atom. The summed E-state index contributed by atoms with van der Waals surface area (Å²) in [4.78, 5) is 0. The van der Waals surface area contributed by atoms with Crippen LogP contribution in [-0.2, 0) is 6.54 Å². The van der Waals surface area contributed by atoms with Crippen LogP contribution >= 0.6 is 0 Å². The van der Waals surface area contributed by atoms with E-state index in [1.807, 2.05) is 12.3 Å². The Morgan fingerprint density at radius 1 is 1.64 bits per heavy atom. The molecule has 62 valence electrons. The van der Waals surface area contributed by atoms with E-state index in [4.69, 9.17) is 10.8 Å². The van der Waals surface area contributed by atoms with Gasteiger partial charge in [-0.15, -0.1) is 0 Å². The highest BCUT2D eigenvalue weighted by molar-refractivity contribution is 4.77. The normalized spacial score (nSPS) is 13.3. The van der Waals surface area contributed by atoms with Crippen molar-refractivity contribution in [3.63, 3.8) is 0 Å². The maximum Gasteiger partial charge on any atom is 0.0583 e. The van der Waals surface area contributed by atoms with Crippen molar-refractivity contribution in [2.45, 2.75) is 19.0 Å². The summed E-state index contributed by atoms with van der Waals surface area (Å²) < 4.78 is 1.80. The number of nitrogens with zero attached hydrogens (tertiary/aromatic N) is 2. The average Bonchev–Trinajstić information content (AvgIpc) is 2.52. The molecular formula is C7H13N3O. The van der Waals surface area contributed by atoms with Crippen LogP contribution in [0.5, 0.6) is 0 Å². The number of nitrogens with two attached hydrogens (primary N) is 1. The average molecular weight is 155 g/mol. The molecule has 0 aliphatic heterocycles. The van der Waals surface area contributed by atoms with E-state index in [1.54, 1.807) is 10.9 Å². The second-order valence-electron chi connectivity index (χ2n) is 2.50. The zero-order valence-corrected chi connectivity index (χ0v) is 6.35. The second-order valence-corrected chi connectivity index (χ2v) is 2.50. The van der Waals surface area contributed by atoms with Crippen molar-refractivity contribution in [1.82, 2.24) is 9.78 Å². The summed E-state index contributed by atoms with van der Waals surface area (Å²) in [7, 11) is 0. The Kier molecular flexibility index (Phi) is 3.07. The number of aromatic nitrogens is 2. The van der Waals surface area contributed by atoms with E-state index in [9.17, 15) is 0 Å². The molecule has 0 fully saturated rings. The van der Waals surface area contributed by atoms with Crippen molar-refractivity contribution in [3.05, 3.63) is 18.5 Å². The fourth-order valence-corrected chi connectivity index (χ4v) is 0.822. The number of aliphatic hydroxyl groups excluding tert-OH is 1. The van der Waals surface area contributed by atoms with Crippen LogP contribution in [0.1, 0.15) is 6.42 Å². The third-order valence-corrected chi connectivity index (χ3v) is 1.52. The number of aliphatic hydroxyl groups is 1. The van der Waals surface area contributed by atoms with Gasteiger partial charge in [-0.2, -0.15) is 5.10 Å². The fraction of sp³-hybridized carbons (Fsp3) is 0.571. The van der Waals surface area contributed by atoms with Gasteiger partial charge in [-0.05, 0) is 12.5 Å². The van der Waals surface area contributed by atoms with Crippen molar-refractivity contribution in [2.24, 2.45) is 5.73 Å². The maximum atomic E-state index is 8.61. The molecule has 1 atom stereocenters. The molecule has 0 spiro atoms. The number of hydrogen-bond donors (Lipinski definition) is 2. The van der Waals surface area contributed by atoms with Crippen LogP contribution in [0.25, 0.3) is 0 Å². The first-order chi connectivity index (χ1) is 5.33. The van der Waals surface area contributed by atoms with Gasteiger partial charge < -0.3 is 10.8 Å². The molecular weight excluding hydrogens is 142 g/mol. The van der Waals surface area contributed by atoms with Crippen molar-refractivity contribution < 1.29 is 5.11 Å². The van der Waals surface area contributed by atoms with E-state index in [0.29, 0.717) is 0 Å². The third kappa shape index (κ3) is 2.69. The van der Waals surface area contributed by atoms with E-state index in [0.717, 1.165) is 13.0 Å². The van der Waals surface area contributed by atoms with Crippen LogP contribution in [0.15, 0.2) is 18.5 Å². The zero-order chi connectivity index (χ0) is 8.10. The van der Waals surface area contributed by atoms with Crippen molar-refractivity contribution >= 4 is 0 Å². The molecule has 1 heterocycles. The molecule has 0 saturated heterocycles. The van der Waals surface area contributed by atoms with Gasteiger partial charge in [-0.1, -0.05) is 0 Å². The standard InChI is InChI=1S/C7H13N3O/c8-7(6-11)2-5-10-4-1-3-9-10/h1,3-4,7,11H,2,5-6,8H2. The Balaban J connectivity index is 2.23. The van der Waals surface area contributed by atoms with Crippen LogP contribution < -0.4 is 5.73 Å². The SMILES string of the molecule is NC(CO)CCn1cccn1. The lowest BCUT2D eigenvalue weighted by Gasteiger charge is -2.06. The quantitative estimate of drug-likeness (QED) is 0.621. The lowest BCUT2D eigenvalue weighted by Crippen LogP contribution is -2.25. The fourth-order valence-electron chi connectivity index (χ4n) is 0.822. The Labute approximate surface area is 65.6 Å². The first kappa shape index (κ1) is 8.23. The summed E-state index contributed by atoms with van der Waals surface area (Å²) in [6.07, 6.45) is 4.37. The van der Waals surface area contributed by atoms with Gasteiger partial charge in [-0.25, -0.2) is 0 Å². The smallest absolute Gasteiger partial charge is 0.0583 e. The van der Waals surface area contributed by atoms with Crippen molar-refractivity contribution in [2.75, 3.05) is 6.61 Å². The molecule has 4 nitrogen and oxygen atoms in total. The van der Waals surface area contributed by atoms with Gasteiger partial charge in [0.15, 0.2) is 0 Å². The lowest BCUT2D eigenvalue weighted by atomic mass is 10.2. The van der Waals surface area contributed by atoms with Gasteiger partial charge in [0.25, 0.3) is 0 Å². The summed E-state index contributed by atoms with van der Waals surface area (Å²) in [5.41, 5.74) is 5.50. The van der Waals surface area contributed by atoms with Gasteiger partial charge in [0.2, 0.25) is 0 Å². The lowest BCUT2D eigenvalue weighted by molar-refractivity contribution is 0.255. The molecule has 0 bridgehead atoms.